The quantitative estimate of drug-likeness (QED) is 0.299. The molecule has 0 bridgehead atoms. The first-order valence-corrected chi connectivity index (χ1v) is 13.7. The van der Waals surface area contributed by atoms with Crippen LogP contribution in [-0.4, -0.2) is 23.8 Å². The molecular weight excluding hydrogens is 604 g/mol. The van der Waals surface area contributed by atoms with Gasteiger partial charge in [-0.1, -0.05) is 24.3 Å². The van der Waals surface area contributed by atoms with E-state index >= 15 is 0 Å². The predicted octanol–water partition coefficient (Wildman–Crippen LogP) is 4.19. The Labute approximate surface area is 258 Å². The smallest absolute Gasteiger partial charge is 0.256 e. The molecule has 0 aliphatic carbocycles. The second-order valence-corrected chi connectivity index (χ2v) is 10.6. The van der Waals surface area contributed by atoms with Crippen LogP contribution in [0.15, 0.2) is 48.5 Å². The Hall–Kier alpha value is -6.32. The highest BCUT2D eigenvalue weighted by Gasteiger charge is 2.18. The monoisotopic (exact) mass is 620 g/mol. The Balaban J connectivity index is 0.000000240. The van der Waals surface area contributed by atoms with Gasteiger partial charge in [0.2, 0.25) is 10.0 Å². The van der Waals surface area contributed by atoms with E-state index < -0.39 is 23.8 Å². The molecule has 12 nitrogen and oxygen atoms in total. The molecule has 4 aromatic rings. The first kappa shape index (κ1) is 32.2. The van der Waals surface area contributed by atoms with Crippen molar-refractivity contribution >= 4 is 66.4 Å². The number of thiophene rings is 2. The highest BCUT2D eigenvalue weighted by molar-refractivity contribution is 7.21. The summed E-state index contributed by atoms with van der Waals surface area (Å²) in [6, 6.07) is 14.4. The van der Waals surface area contributed by atoms with Crippen molar-refractivity contribution in [1.82, 2.24) is 0 Å². The Bertz CT molecular complexity index is 1820. The maximum atomic E-state index is 12.1. The number of nitrogens with zero attached hydrogens (tertiary/aromatic N) is 4. The van der Waals surface area contributed by atoms with E-state index in [0.717, 1.165) is 22.7 Å². The van der Waals surface area contributed by atoms with E-state index in [1.807, 2.05) is 12.1 Å². The molecule has 2 heterocycles. The first-order chi connectivity index (χ1) is 20.9. The van der Waals surface area contributed by atoms with Crippen LogP contribution >= 0.6 is 22.7 Å². The lowest BCUT2D eigenvalue weighted by molar-refractivity contribution is -0.256. The van der Waals surface area contributed by atoms with Crippen LogP contribution in [-0.2, 0) is 0 Å². The third-order valence-electron chi connectivity index (χ3n) is 5.89. The maximum Gasteiger partial charge on any atom is 0.256 e. The molecule has 2 amide bonds. The van der Waals surface area contributed by atoms with Gasteiger partial charge in [0.1, 0.15) is 22.1 Å². The first-order valence-electron chi connectivity index (χ1n) is 12.0. The van der Waals surface area contributed by atoms with Gasteiger partial charge >= 0.3 is 0 Å². The number of nitriles is 2. The Kier molecular flexibility index (Phi) is 10.3. The van der Waals surface area contributed by atoms with E-state index in [-0.39, 0.29) is 33.4 Å². The number of nitrogens with one attached hydrogen (secondary N) is 2. The molecule has 0 atom stereocenters. The number of carbonyl (C=O) groups is 4. The molecule has 2 N–H and O–H groups in total. The molecule has 4 rings (SSSR count). The van der Waals surface area contributed by atoms with E-state index in [4.69, 9.17) is 23.7 Å². The number of carboxylic acids is 2. The third-order valence-corrected chi connectivity index (χ3v) is 8.09. The van der Waals surface area contributed by atoms with Crippen LogP contribution in [0.4, 0.5) is 20.0 Å². The average molecular weight is 621 g/mol. The maximum absolute atomic E-state index is 12.1. The van der Waals surface area contributed by atoms with E-state index in [9.17, 15) is 29.4 Å². The fourth-order valence-electron chi connectivity index (χ4n) is 3.53. The molecule has 216 valence electrons. The van der Waals surface area contributed by atoms with Crippen molar-refractivity contribution in [3.05, 3.63) is 116 Å². The van der Waals surface area contributed by atoms with Crippen molar-refractivity contribution in [1.29, 1.82) is 10.5 Å². The minimum Gasteiger partial charge on any atom is -0.545 e. The van der Waals surface area contributed by atoms with Crippen molar-refractivity contribution in [3.63, 3.8) is 0 Å². The number of amides is 2. The van der Waals surface area contributed by atoms with E-state index in [0.29, 0.717) is 31.1 Å². The Morgan fingerprint density at radius 3 is 1.20 bits per heavy atom. The molecule has 0 saturated heterocycles. The molecule has 2 aromatic heterocycles. The second-order valence-electron chi connectivity index (χ2n) is 8.56. The predicted molar refractivity (Wildman–Crippen MR) is 158 cm³/mol. The lowest BCUT2D eigenvalue weighted by Crippen LogP contribution is -2.22. The van der Waals surface area contributed by atoms with Gasteiger partial charge in [-0.25, -0.2) is 9.69 Å². The number of carboxylic acid groups (broad SMARTS) is 2. The number of carbonyl (C=O) groups excluding carboxylic acids is 4. The summed E-state index contributed by atoms with van der Waals surface area (Å²) >= 11 is 2.06. The van der Waals surface area contributed by atoms with Gasteiger partial charge in [0, 0.05) is 11.1 Å². The zero-order chi connectivity index (χ0) is 32.6. The van der Waals surface area contributed by atoms with Gasteiger partial charge in [0.15, 0.2) is 0 Å². The molecule has 0 fully saturated rings. The topological polar surface area (TPSA) is 195 Å². The molecule has 0 spiro atoms. The highest BCUT2D eigenvalue weighted by atomic mass is 32.1. The van der Waals surface area contributed by atoms with Gasteiger partial charge in [-0.05, 0) is 60.4 Å². The molecule has 0 unspecified atom stereocenters. The number of hydrogen-bond donors (Lipinski definition) is 2. The SMILES string of the molecule is [C-]#[N+]c1sc(NC(=O)c2ccc(C(=O)[O-])cc2)c(C#N)c1C.[C-]#[N+]c1sc(NC(=O)c2ccc(C(=O)[O-])cc2)c(C#N)c1C. The van der Waals surface area contributed by atoms with Crippen LogP contribution < -0.4 is 20.8 Å². The van der Waals surface area contributed by atoms with Crippen LogP contribution in [0.5, 0.6) is 0 Å². The normalized spacial score (nSPS) is 9.59. The summed E-state index contributed by atoms with van der Waals surface area (Å²) in [5.74, 6) is -3.62. The summed E-state index contributed by atoms with van der Waals surface area (Å²) in [4.78, 5) is 52.2. The van der Waals surface area contributed by atoms with Crippen LogP contribution in [0.2, 0.25) is 0 Å². The standard InChI is InChI=1S/2C15H9N3O3S/c2*1-8-11(7-16)14(22-13(8)17-2)18-12(19)9-3-5-10(6-4-9)15(20)21/h2*3-6H,1H3,(H,18,19)(H,20,21)/p-2. The summed E-state index contributed by atoms with van der Waals surface area (Å²) in [6.07, 6.45) is 0. The number of rotatable bonds is 6. The number of benzene rings is 2. The van der Waals surface area contributed by atoms with E-state index in [1.165, 1.54) is 48.5 Å². The third kappa shape index (κ3) is 7.11. The van der Waals surface area contributed by atoms with Crippen LogP contribution in [0.3, 0.4) is 0 Å². The molecule has 44 heavy (non-hydrogen) atoms. The molecule has 14 heteroatoms. The average Bonchev–Trinajstić information content (AvgIpc) is 3.50. The molecule has 0 radical (unpaired) electrons. The molecule has 2 aromatic carbocycles. The van der Waals surface area contributed by atoms with Gasteiger partial charge in [-0.15, -0.1) is 22.7 Å². The zero-order valence-corrected chi connectivity index (χ0v) is 24.3. The second kappa shape index (κ2) is 14.0. The minimum absolute atomic E-state index is 0.0310. The van der Waals surface area contributed by atoms with Crippen molar-refractivity contribution in [2.75, 3.05) is 10.6 Å². The number of hydrogen-bond acceptors (Lipinski definition) is 10. The van der Waals surface area contributed by atoms with Gasteiger partial charge in [0.05, 0.1) is 36.2 Å². The molecule has 0 aliphatic rings. The van der Waals surface area contributed by atoms with Crippen LogP contribution in [0.1, 0.15) is 63.7 Å². The summed E-state index contributed by atoms with van der Waals surface area (Å²) in [7, 11) is 0. The summed E-state index contributed by atoms with van der Waals surface area (Å²) in [6.45, 7) is 17.4. The zero-order valence-electron chi connectivity index (χ0n) is 22.7. The lowest BCUT2D eigenvalue weighted by Gasteiger charge is -2.06. The van der Waals surface area contributed by atoms with Crippen molar-refractivity contribution in [3.8, 4) is 12.1 Å². The number of aromatic carboxylic acids is 2. The van der Waals surface area contributed by atoms with Crippen LogP contribution in [0, 0.1) is 49.7 Å². The molecule has 0 saturated carbocycles. The van der Waals surface area contributed by atoms with Gasteiger partial charge < -0.3 is 30.4 Å². The van der Waals surface area contributed by atoms with Crippen molar-refractivity contribution in [2.24, 2.45) is 0 Å². The molecule has 0 aliphatic heterocycles. The molecular formula is C30H16N6O6S2-2. The summed E-state index contributed by atoms with van der Waals surface area (Å²) in [5.41, 5.74) is 2.00. The van der Waals surface area contributed by atoms with Crippen molar-refractivity contribution < 1.29 is 29.4 Å². The van der Waals surface area contributed by atoms with Gasteiger partial charge in [-0.3, -0.25) is 9.59 Å². The Morgan fingerprint density at radius 2 is 0.955 bits per heavy atom. The highest BCUT2D eigenvalue weighted by Crippen LogP contribution is 2.39. The largest absolute Gasteiger partial charge is 0.545 e. The van der Waals surface area contributed by atoms with E-state index in [2.05, 4.69) is 20.3 Å². The summed E-state index contributed by atoms with van der Waals surface area (Å²) in [5, 5.41) is 46.0. The van der Waals surface area contributed by atoms with E-state index in [1.54, 1.807) is 13.8 Å². The van der Waals surface area contributed by atoms with Crippen LogP contribution in [0.25, 0.3) is 9.69 Å². The number of anilines is 2. The van der Waals surface area contributed by atoms with Crippen molar-refractivity contribution in [2.45, 2.75) is 13.8 Å². The fraction of sp³-hybridized carbons (Fsp3) is 0.0667. The minimum atomic E-state index is -1.32. The Morgan fingerprint density at radius 1 is 0.659 bits per heavy atom. The van der Waals surface area contributed by atoms with Gasteiger partial charge in [0.25, 0.3) is 11.8 Å². The fourth-order valence-corrected chi connectivity index (χ4v) is 5.40. The van der Waals surface area contributed by atoms with Gasteiger partial charge in [-0.2, -0.15) is 10.5 Å². The lowest BCUT2D eigenvalue weighted by atomic mass is 10.1. The summed E-state index contributed by atoms with van der Waals surface area (Å²) < 4.78 is 0.